The van der Waals surface area contributed by atoms with Crippen LogP contribution in [0, 0.1) is 17.0 Å². The van der Waals surface area contributed by atoms with Crippen molar-refractivity contribution in [2.45, 2.75) is 19.9 Å². The summed E-state index contributed by atoms with van der Waals surface area (Å²) in [5, 5.41) is 14.9. The van der Waals surface area contributed by atoms with Crippen molar-refractivity contribution in [3.05, 3.63) is 67.1 Å². The Kier molecular flexibility index (Phi) is 4.85. The van der Waals surface area contributed by atoms with Gasteiger partial charge in [0.25, 0.3) is 5.69 Å². The highest BCUT2D eigenvalue weighted by atomic mass is 79.9. The van der Waals surface area contributed by atoms with E-state index < -0.39 is 0 Å². The zero-order valence-electron chi connectivity index (χ0n) is 11.6. The SMILES string of the molecule is Cc1ccc(C(C)Nc2cc(Cl)ccc2Br)cc1[N+](=O)[O-]. The van der Waals surface area contributed by atoms with Crippen LogP contribution in [-0.4, -0.2) is 4.92 Å². The van der Waals surface area contributed by atoms with Crippen molar-refractivity contribution >= 4 is 38.9 Å². The Morgan fingerprint density at radius 2 is 2.00 bits per heavy atom. The summed E-state index contributed by atoms with van der Waals surface area (Å²) in [6, 6.07) is 10.6. The molecular weight excluding hydrogens is 356 g/mol. The van der Waals surface area contributed by atoms with Gasteiger partial charge in [0, 0.05) is 27.2 Å². The minimum absolute atomic E-state index is 0.0842. The van der Waals surface area contributed by atoms with Gasteiger partial charge in [0.15, 0.2) is 0 Å². The van der Waals surface area contributed by atoms with E-state index in [0.717, 1.165) is 15.7 Å². The standard InChI is InChI=1S/C15H14BrClN2O2/c1-9-3-4-11(7-15(9)19(20)21)10(2)18-14-8-12(17)5-6-13(14)16/h3-8,10,18H,1-2H3. The molecule has 4 nitrogen and oxygen atoms in total. The molecule has 0 aliphatic rings. The van der Waals surface area contributed by atoms with Crippen molar-refractivity contribution in [1.82, 2.24) is 0 Å². The molecule has 0 fully saturated rings. The van der Waals surface area contributed by atoms with E-state index in [0.29, 0.717) is 10.6 Å². The first-order valence-corrected chi connectivity index (χ1v) is 7.52. The Hall–Kier alpha value is -1.59. The van der Waals surface area contributed by atoms with E-state index in [1.54, 1.807) is 25.1 Å². The van der Waals surface area contributed by atoms with Crippen molar-refractivity contribution in [2.24, 2.45) is 0 Å². The minimum Gasteiger partial charge on any atom is -0.378 e. The van der Waals surface area contributed by atoms with Gasteiger partial charge in [-0.1, -0.05) is 23.7 Å². The Morgan fingerprint density at radius 1 is 1.29 bits per heavy atom. The fourth-order valence-electron chi connectivity index (χ4n) is 2.02. The second kappa shape index (κ2) is 6.45. The molecule has 1 atom stereocenters. The van der Waals surface area contributed by atoms with E-state index in [4.69, 9.17) is 11.6 Å². The summed E-state index contributed by atoms with van der Waals surface area (Å²) in [5.41, 5.74) is 2.48. The van der Waals surface area contributed by atoms with E-state index in [-0.39, 0.29) is 16.7 Å². The molecule has 0 aliphatic heterocycles. The largest absolute Gasteiger partial charge is 0.378 e. The Bertz CT molecular complexity index is 691. The first-order chi connectivity index (χ1) is 9.88. The molecule has 21 heavy (non-hydrogen) atoms. The van der Waals surface area contributed by atoms with Crippen LogP contribution in [0.4, 0.5) is 11.4 Å². The predicted octanol–water partition coefficient (Wildman–Crippen LogP) is 5.49. The van der Waals surface area contributed by atoms with Crippen LogP contribution < -0.4 is 5.32 Å². The number of nitro benzene ring substituents is 1. The van der Waals surface area contributed by atoms with Gasteiger partial charge in [0.1, 0.15) is 0 Å². The number of halogens is 2. The highest BCUT2D eigenvalue weighted by Gasteiger charge is 2.15. The van der Waals surface area contributed by atoms with Crippen molar-refractivity contribution in [3.8, 4) is 0 Å². The molecule has 2 rings (SSSR count). The van der Waals surface area contributed by atoms with Gasteiger partial charge in [0.05, 0.1) is 10.6 Å². The van der Waals surface area contributed by atoms with Gasteiger partial charge in [-0.15, -0.1) is 0 Å². The number of hydrogen-bond donors (Lipinski definition) is 1. The maximum atomic E-state index is 11.0. The van der Waals surface area contributed by atoms with Gasteiger partial charge < -0.3 is 5.32 Å². The molecular formula is C15H14BrClN2O2. The van der Waals surface area contributed by atoms with Gasteiger partial charge in [-0.25, -0.2) is 0 Å². The van der Waals surface area contributed by atoms with Gasteiger partial charge >= 0.3 is 0 Å². The van der Waals surface area contributed by atoms with E-state index in [2.05, 4.69) is 21.2 Å². The quantitative estimate of drug-likeness (QED) is 0.572. The Labute approximate surface area is 136 Å². The smallest absolute Gasteiger partial charge is 0.272 e. The van der Waals surface area contributed by atoms with Crippen molar-refractivity contribution in [1.29, 1.82) is 0 Å². The number of nitrogens with one attached hydrogen (secondary N) is 1. The van der Waals surface area contributed by atoms with Crippen LogP contribution in [0.25, 0.3) is 0 Å². The Morgan fingerprint density at radius 3 is 2.67 bits per heavy atom. The molecule has 0 saturated carbocycles. The van der Waals surface area contributed by atoms with Crippen LogP contribution in [0.3, 0.4) is 0 Å². The third-order valence-electron chi connectivity index (χ3n) is 3.23. The fourth-order valence-corrected chi connectivity index (χ4v) is 2.55. The lowest BCUT2D eigenvalue weighted by molar-refractivity contribution is -0.385. The van der Waals surface area contributed by atoms with Gasteiger partial charge in [-0.05, 0) is 53.5 Å². The molecule has 1 unspecified atom stereocenters. The monoisotopic (exact) mass is 368 g/mol. The zero-order valence-corrected chi connectivity index (χ0v) is 13.9. The molecule has 2 aromatic rings. The fraction of sp³-hybridized carbons (Fsp3) is 0.200. The summed E-state index contributed by atoms with van der Waals surface area (Å²) < 4.78 is 0.889. The number of hydrogen-bond acceptors (Lipinski definition) is 3. The van der Waals surface area contributed by atoms with Gasteiger partial charge in [-0.2, -0.15) is 0 Å². The van der Waals surface area contributed by atoms with E-state index in [1.165, 1.54) is 0 Å². The second-order valence-electron chi connectivity index (χ2n) is 4.79. The maximum absolute atomic E-state index is 11.0. The first-order valence-electron chi connectivity index (χ1n) is 6.35. The number of benzene rings is 2. The molecule has 110 valence electrons. The minimum atomic E-state index is -0.360. The van der Waals surface area contributed by atoms with Gasteiger partial charge in [0.2, 0.25) is 0 Å². The average molecular weight is 370 g/mol. The third-order valence-corrected chi connectivity index (χ3v) is 4.16. The van der Waals surface area contributed by atoms with Gasteiger partial charge in [-0.3, -0.25) is 10.1 Å². The molecule has 0 amide bonds. The van der Waals surface area contributed by atoms with Crippen molar-refractivity contribution in [3.63, 3.8) is 0 Å². The summed E-state index contributed by atoms with van der Waals surface area (Å²) >= 11 is 9.44. The number of nitro groups is 1. The molecule has 0 saturated heterocycles. The van der Waals surface area contributed by atoms with Crippen molar-refractivity contribution in [2.75, 3.05) is 5.32 Å². The summed E-state index contributed by atoms with van der Waals surface area (Å²) in [7, 11) is 0. The van der Waals surface area contributed by atoms with Crippen LogP contribution in [0.1, 0.15) is 24.1 Å². The van der Waals surface area contributed by atoms with E-state index in [1.807, 2.05) is 25.1 Å². The highest BCUT2D eigenvalue weighted by molar-refractivity contribution is 9.10. The van der Waals surface area contributed by atoms with Crippen LogP contribution in [0.5, 0.6) is 0 Å². The maximum Gasteiger partial charge on any atom is 0.272 e. The first kappa shape index (κ1) is 15.8. The van der Waals surface area contributed by atoms with E-state index >= 15 is 0 Å². The Balaban J connectivity index is 2.28. The summed E-state index contributed by atoms with van der Waals surface area (Å²) in [5.74, 6) is 0. The van der Waals surface area contributed by atoms with Crippen molar-refractivity contribution < 1.29 is 4.92 Å². The molecule has 0 aliphatic carbocycles. The second-order valence-corrected chi connectivity index (χ2v) is 6.08. The highest BCUT2D eigenvalue weighted by Crippen LogP contribution is 2.30. The lowest BCUT2D eigenvalue weighted by Gasteiger charge is -2.17. The predicted molar refractivity (Wildman–Crippen MR) is 89.0 cm³/mol. The molecule has 1 N–H and O–H groups in total. The molecule has 0 spiro atoms. The van der Waals surface area contributed by atoms with Crippen LogP contribution in [0.2, 0.25) is 5.02 Å². The number of aryl methyl sites for hydroxylation is 1. The molecule has 0 aromatic heterocycles. The zero-order chi connectivity index (χ0) is 15.6. The average Bonchev–Trinajstić information content (AvgIpc) is 2.43. The normalized spacial score (nSPS) is 12.0. The summed E-state index contributed by atoms with van der Waals surface area (Å²) in [4.78, 5) is 10.7. The van der Waals surface area contributed by atoms with Crippen LogP contribution in [0.15, 0.2) is 40.9 Å². The number of rotatable bonds is 4. The molecule has 0 radical (unpaired) electrons. The third kappa shape index (κ3) is 3.74. The number of anilines is 1. The lowest BCUT2D eigenvalue weighted by atomic mass is 10.0. The molecule has 0 bridgehead atoms. The molecule has 6 heteroatoms. The van der Waals surface area contributed by atoms with Crippen LogP contribution in [-0.2, 0) is 0 Å². The van der Waals surface area contributed by atoms with Crippen LogP contribution >= 0.6 is 27.5 Å². The lowest BCUT2D eigenvalue weighted by Crippen LogP contribution is -2.08. The molecule has 2 aromatic carbocycles. The summed E-state index contributed by atoms with van der Waals surface area (Å²) in [6.45, 7) is 3.68. The number of nitrogens with zero attached hydrogens (tertiary/aromatic N) is 1. The summed E-state index contributed by atoms with van der Waals surface area (Å²) in [6.07, 6.45) is 0. The molecule has 0 heterocycles. The topological polar surface area (TPSA) is 55.2 Å². The van der Waals surface area contributed by atoms with E-state index in [9.17, 15) is 10.1 Å².